The summed E-state index contributed by atoms with van der Waals surface area (Å²) in [4.78, 5) is 21.3. The van der Waals surface area contributed by atoms with Crippen LogP contribution in [-0.4, -0.2) is 11.8 Å². The Morgan fingerprint density at radius 1 is 1.18 bits per heavy atom. The summed E-state index contributed by atoms with van der Waals surface area (Å²) in [6.07, 6.45) is 0. The minimum absolute atomic E-state index is 0.350. The Bertz CT molecular complexity index is 162. The highest BCUT2D eigenvalue weighted by molar-refractivity contribution is 5.97. The molecule has 0 aromatic heterocycles. The van der Waals surface area contributed by atoms with Gasteiger partial charge < -0.3 is 0 Å². The molecule has 0 aromatic rings. The van der Waals surface area contributed by atoms with Gasteiger partial charge in [-0.2, -0.15) is 0 Å². The maximum absolute atomic E-state index is 10.8. The van der Waals surface area contributed by atoms with Crippen molar-refractivity contribution in [3.05, 3.63) is 0 Å². The lowest BCUT2D eigenvalue weighted by Gasteiger charge is -2.23. The molecule has 3 heteroatoms. The van der Waals surface area contributed by atoms with Gasteiger partial charge in [0.1, 0.15) is 11.7 Å². The van der Waals surface area contributed by atoms with Crippen LogP contribution in [0.25, 0.3) is 0 Å². The number of hydrogen-bond donors (Lipinski definition) is 0. The Kier molecular flexibility index (Phi) is 2.79. The fourth-order valence-corrected chi connectivity index (χ4v) is 1.13. The average molecular weight is 157 g/mol. The summed E-state index contributed by atoms with van der Waals surface area (Å²) >= 11 is 0. The highest BCUT2D eigenvalue weighted by Crippen LogP contribution is 2.26. The second kappa shape index (κ2) is 3.03. The van der Waals surface area contributed by atoms with Crippen LogP contribution >= 0.6 is 0 Å². The predicted octanol–water partition coefficient (Wildman–Crippen LogP) is 1.19. The van der Waals surface area contributed by atoms with E-state index < -0.39 is 17.3 Å². The van der Waals surface area contributed by atoms with E-state index in [1.165, 1.54) is 6.92 Å². The maximum Gasteiger partial charge on any atom is 0.366 e. The molecular weight excluding hydrogens is 144 g/mol. The molecule has 0 heterocycles. The van der Waals surface area contributed by atoms with Gasteiger partial charge in [0.05, 0.1) is 0 Å². The predicted molar refractivity (Wildman–Crippen MR) is 39.3 cm³/mol. The normalized spacial score (nSPS) is 14.2. The molecule has 0 fully saturated rings. The Balaban J connectivity index is 4.63. The third kappa shape index (κ3) is 2.70. The second-order valence-corrected chi connectivity index (χ2v) is 3.73. The van der Waals surface area contributed by atoms with Crippen molar-refractivity contribution in [1.29, 1.82) is 0 Å². The van der Waals surface area contributed by atoms with E-state index in [-0.39, 0.29) is 5.78 Å². The lowest BCUT2D eigenvalue weighted by Crippen LogP contribution is -2.33. The largest absolute Gasteiger partial charge is 0.366 e. The second-order valence-electron chi connectivity index (χ2n) is 3.73. The van der Waals surface area contributed by atoms with Gasteiger partial charge in [-0.15, -0.1) is 0 Å². The fraction of sp³-hybridized carbons (Fsp3) is 0.750. The minimum Gasteiger partial charge on any atom is -0.299 e. The molecule has 0 rings (SSSR count). The number of carbonyl (C=O) groups excluding carboxylic acids is 2. The molecule has 0 aliphatic carbocycles. The van der Waals surface area contributed by atoms with Gasteiger partial charge in [0.15, 0.2) is 0 Å². The van der Waals surface area contributed by atoms with Gasteiger partial charge in [-0.25, -0.2) is 9.90 Å². The molecule has 0 spiro atoms. The number of rotatable bonds is 2. The fourth-order valence-electron chi connectivity index (χ4n) is 1.13. The topological polar surface area (TPSA) is 54.0 Å². The molecule has 0 saturated heterocycles. The molecule has 0 bridgehead atoms. The number of hydrogen-bond acceptors (Lipinski definition) is 2. The van der Waals surface area contributed by atoms with E-state index in [0.29, 0.717) is 0 Å². The monoisotopic (exact) mass is 157 g/mol. The summed E-state index contributed by atoms with van der Waals surface area (Å²) in [5.41, 5.74) is -0.551. The molecule has 0 saturated carbocycles. The Morgan fingerprint density at radius 3 is 1.55 bits per heavy atom. The SMILES string of the molecule is CC(=O)C(C([O])=O)C(C)(C)C. The summed E-state index contributed by atoms with van der Waals surface area (Å²) in [6, 6.07) is 0. The van der Waals surface area contributed by atoms with Gasteiger partial charge >= 0.3 is 5.97 Å². The van der Waals surface area contributed by atoms with Crippen LogP contribution in [0, 0.1) is 11.3 Å². The van der Waals surface area contributed by atoms with Crippen molar-refractivity contribution in [1.82, 2.24) is 0 Å². The summed E-state index contributed by atoms with van der Waals surface area (Å²) in [5.74, 6) is -2.63. The van der Waals surface area contributed by atoms with E-state index in [4.69, 9.17) is 0 Å². The molecular formula is C8H13O3. The van der Waals surface area contributed by atoms with Crippen molar-refractivity contribution < 1.29 is 14.7 Å². The Morgan fingerprint density at radius 2 is 1.55 bits per heavy atom. The summed E-state index contributed by atoms with van der Waals surface area (Å²) in [5, 5.41) is 10.5. The Labute approximate surface area is 66.4 Å². The first kappa shape index (κ1) is 10.1. The van der Waals surface area contributed by atoms with Crippen molar-refractivity contribution in [3.63, 3.8) is 0 Å². The zero-order valence-electron chi connectivity index (χ0n) is 7.30. The van der Waals surface area contributed by atoms with Gasteiger partial charge in [-0.05, 0) is 12.3 Å². The first-order valence-corrected chi connectivity index (χ1v) is 3.48. The highest BCUT2D eigenvalue weighted by atomic mass is 16.4. The van der Waals surface area contributed by atoms with Crippen LogP contribution in [0.2, 0.25) is 0 Å². The third-order valence-corrected chi connectivity index (χ3v) is 1.51. The van der Waals surface area contributed by atoms with Gasteiger partial charge in [0.25, 0.3) is 0 Å². The molecule has 63 valence electrons. The van der Waals surface area contributed by atoms with Gasteiger partial charge in [0, 0.05) is 0 Å². The molecule has 1 unspecified atom stereocenters. The first-order valence-electron chi connectivity index (χ1n) is 3.48. The van der Waals surface area contributed by atoms with Gasteiger partial charge in [0.2, 0.25) is 0 Å². The van der Waals surface area contributed by atoms with E-state index in [2.05, 4.69) is 0 Å². The first-order chi connectivity index (χ1) is 4.76. The van der Waals surface area contributed by atoms with E-state index >= 15 is 0 Å². The van der Waals surface area contributed by atoms with Crippen LogP contribution in [0.15, 0.2) is 0 Å². The van der Waals surface area contributed by atoms with Crippen LogP contribution in [-0.2, 0) is 14.7 Å². The highest BCUT2D eigenvalue weighted by Gasteiger charge is 2.36. The summed E-state index contributed by atoms with van der Waals surface area (Å²) < 4.78 is 0. The zero-order chi connectivity index (χ0) is 9.23. The minimum atomic E-state index is -1.29. The van der Waals surface area contributed by atoms with Crippen LogP contribution in [0.1, 0.15) is 27.7 Å². The van der Waals surface area contributed by atoms with Crippen molar-refractivity contribution >= 4 is 11.8 Å². The van der Waals surface area contributed by atoms with Crippen LogP contribution < -0.4 is 0 Å². The van der Waals surface area contributed by atoms with E-state index in [1.54, 1.807) is 20.8 Å². The number of carbonyl (C=O) groups is 2. The van der Waals surface area contributed by atoms with Gasteiger partial charge in [-0.1, -0.05) is 20.8 Å². The third-order valence-electron chi connectivity index (χ3n) is 1.51. The smallest absolute Gasteiger partial charge is 0.299 e. The molecule has 11 heavy (non-hydrogen) atoms. The molecule has 0 aliphatic rings. The quantitative estimate of drug-likeness (QED) is 0.565. The standard InChI is InChI=1S/C8H13O3/c1-5(9)6(7(10)11)8(2,3)4/h6H,1-4H3. The van der Waals surface area contributed by atoms with Crippen molar-refractivity contribution in [2.24, 2.45) is 11.3 Å². The number of Topliss-reactive ketones (excluding diaryl/α,β-unsaturated/α-hetero) is 1. The molecule has 0 N–H and O–H groups in total. The summed E-state index contributed by atoms with van der Waals surface area (Å²) in [7, 11) is 0. The molecule has 3 nitrogen and oxygen atoms in total. The van der Waals surface area contributed by atoms with Crippen molar-refractivity contribution in [2.75, 3.05) is 0 Å². The van der Waals surface area contributed by atoms with Gasteiger partial charge in [-0.3, -0.25) is 4.79 Å². The van der Waals surface area contributed by atoms with Crippen LogP contribution in [0.4, 0.5) is 0 Å². The maximum atomic E-state index is 10.8. The number of ketones is 1. The van der Waals surface area contributed by atoms with E-state index in [1.807, 2.05) is 0 Å². The molecule has 1 atom stereocenters. The van der Waals surface area contributed by atoms with Crippen LogP contribution in [0.3, 0.4) is 0 Å². The molecule has 0 amide bonds. The molecule has 0 aliphatic heterocycles. The zero-order valence-corrected chi connectivity index (χ0v) is 7.30. The Hall–Kier alpha value is -0.860. The van der Waals surface area contributed by atoms with Crippen molar-refractivity contribution in [2.45, 2.75) is 27.7 Å². The lowest BCUT2D eigenvalue weighted by molar-refractivity contribution is -0.155. The average Bonchev–Trinajstić information content (AvgIpc) is 1.54. The molecule has 1 radical (unpaired) electrons. The lowest BCUT2D eigenvalue weighted by atomic mass is 9.78. The summed E-state index contributed by atoms with van der Waals surface area (Å²) in [6.45, 7) is 6.38. The van der Waals surface area contributed by atoms with E-state index in [9.17, 15) is 14.7 Å². The van der Waals surface area contributed by atoms with Crippen molar-refractivity contribution in [3.8, 4) is 0 Å². The van der Waals surface area contributed by atoms with E-state index in [0.717, 1.165) is 0 Å². The molecule has 0 aromatic carbocycles. The van der Waals surface area contributed by atoms with Crippen LogP contribution in [0.5, 0.6) is 0 Å².